The van der Waals surface area contributed by atoms with Crippen molar-refractivity contribution in [1.29, 1.82) is 0 Å². The number of hydrogen-bond donors (Lipinski definition) is 0. The quantitative estimate of drug-likeness (QED) is 0.863. The van der Waals surface area contributed by atoms with Crippen LogP contribution in [0.4, 0.5) is 23.0 Å². The van der Waals surface area contributed by atoms with E-state index in [1.54, 1.807) is 0 Å². The third kappa shape index (κ3) is 2.09. The number of hydrogen-bond acceptors (Lipinski definition) is 6. The molecule has 0 N–H and O–H groups in total. The summed E-state index contributed by atoms with van der Waals surface area (Å²) in [6.07, 6.45) is 4.37. The zero-order valence-corrected chi connectivity index (χ0v) is 14.7. The number of fused-ring (bicyclic) bond motifs is 2. The van der Waals surface area contributed by atoms with Gasteiger partial charge in [-0.15, -0.1) is 0 Å². The van der Waals surface area contributed by atoms with Gasteiger partial charge >= 0.3 is 0 Å². The lowest BCUT2D eigenvalue weighted by Gasteiger charge is -2.32. The highest BCUT2D eigenvalue weighted by atomic mass is 15.5. The molecule has 0 fully saturated rings. The molecule has 0 spiro atoms. The number of pyridine rings is 2. The van der Waals surface area contributed by atoms with Crippen molar-refractivity contribution in [2.24, 2.45) is 0 Å². The Labute approximate surface area is 143 Å². The minimum absolute atomic E-state index is 0.318. The first-order chi connectivity index (χ1) is 11.6. The molecule has 4 rings (SSSR count). The van der Waals surface area contributed by atoms with Gasteiger partial charge in [0.1, 0.15) is 0 Å². The summed E-state index contributed by atoms with van der Waals surface area (Å²) in [4.78, 5) is 18.4. The lowest BCUT2D eigenvalue weighted by molar-refractivity contribution is 0.608. The maximum absolute atomic E-state index is 4.54. The minimum Gasteiger partial charge on any atom is -0.347 e. The molecular formula is C18H24N6. The molecule has 4 heterocycles. The zero-order valence-electron chi connectivity index (χ0n) is 14.7. The third-order valence-electron chi connectivity index (χ3n) is 5.42. The summed E-state index contributed by atoms with van der Waals surface area (Å²) in [5.74, 6) is 2.14. The smallest absolute Gasteiger partial charge is 0.153 e. The van der Waals surface area contributed by atoms with E-state index in [1.165, 1.54) is 11.4 Å². The molecule has 2 atom stereocenters. The second kappa shape index (κ2) is 5.54. The Morgan fingerprint density at radius 2 is 1.21 bits per heavy atom. The molecule has 0 unspecified atom stereocenters. The summed E-state index contributed by atoms with van der Waals surface area (Å²) in [7, 11) is 4.23. The van der Waals surface area contributed by atoms with Crippen LogP contribution in [0.3, 0.4) is 0 Å². The molecule has 2 aromatic heterocycles. The van der Waals surface area contributed by atoms with Gasteiger partial charge in [-0.05, 0) is 38.1 Å². The van der Waals surface area contributed by atoms with Gasteiger partial charge in [-0.25, -0.2) is 9.97 Å². The molecular weight excluding hydrogens is 300 g/mol. The van der Waals surface area contributed by atoms with Crippen LogP contribution in [0.15, 0.2) is 36.7 Å². The van der Waals surface area contributed by atoms with Crippen molar-refractivity contribution >= 4 is 23.0 Å². The molecule has 0 saturated carbocycles. The maximum Gasteiger partial charge on any atom is 0.153 e. The average Bonchev–Trinajstić information content (AvgIpc) is 3.00. The predicted molar refractivity (Wildman–Crippen MR) is 98.9 cm³/mol. The SMILES string of the molecule is C[C@@H]1N(C)c2ncccc2N1CCN1c2cccnc2N(C)[C@@H]1C. The number of nitrogens with zero attached hydrogens (tertiary/aromatic N) is 6. The average molecular weight is 324 g/mol. The summed E-state index contributed by atoms with van der Waals surface area (Å²) in [5.41, 5.74) is 2.44. The Bertz CT molecular complexity index is 684. The molecule has 2 aliphatic heterocycles. The molecule has 6 nitrogen and oxygen atoms in total. The van der Waals surface area contributed by atoms with Crippen LogP contribution in [0.1, 0.15) is 13.8 Å². The van der Waals surface area contributed by atoms with Gasteiger partial charge in [0, 0.05) is 39.6 Å². The monoisotopic (exact) mass is 324 g/mol. The fourth-order valence-corrected chi connectivity index (χ4v) is 3.77. The largest absolute Gasteiger partial charge is 0.347 e. The topological polar surface area (TPSA) is 38.7 Å². The van der Waals surface area contributed by atoms with Crippen molar-refractivity contribution in [3.63, 3.8) is 0 Å². The van der Waals surface area contributed by atoms with Gasteiger partial charge < -0.3 is 19.6 Å². The van der Waals surface area contributed by atoms with Gasteiger partial charge in [0.2, 0.25) is 0 Å². The van der Waals surface area contributed by atoms with Crippen LogP contribution < -0.4 is 19.6 Å². The molecule has 0 saturated heterocycles. The summed E-state index contributed by atoms with van der Waals surface area (Å²) >= 11 is 0. The number of aromatic nitrogens is 2. The van der Waals surface area contributed by atoms with Gasteiger partial charge in [-0.2, -0.15) is 0 Å². The summed E-state index contributed by atoms with van der Waals surface area (Å²) in [5, 5.41) is 0. The molecule has 6 heteroatoms. The van der Waals surface area contributed by atoms with Crippen LogP contribution in [0.25, 0.3) is 0 Å². The Balaban J connectivity index is 1.56. The van der Waals surface area contributed by atoms with Crippen LogP contribution in [0.2, 0.25) is 0 Å². The van der Waals surface area contributed by atoms with E-state index in [1.807, 2.05) is 24.5 Å². The van der Waals surface area contributed by atoms with Crippen molar-refractivity contribution in [3.05, 3.63) is 36.7 Å². The van der Waals surface area contributed by atoms with Crippen molar-refractivity contribution in [2.45, 2.75) is 26.2 Å². The molecule has 126 valence electrons. The third-order valence-corrected chi connectivity index (χ3v) is 5.42. The fraction of sp³-hybridized carbons (Fsp3) is 0.444. The minimum atomic E-state index is 0.318. The Hall–Kier alpha value is -2.50. The van der Waals surface area contributed by atoms with E-state index in [4.69, 9.17) is 0 Å². The molecule has 0 aliphatic carbocycles. The van der Waals surface area contributed by atoms with Gasteiger partial charge in [0.05, 0.1) is 23.7 Å². The van der Waals surface area contributed by atoms with Gasteiger partial charge in [0.15, 0.2) is 11.6 Å². The Morgan fingerprint density at radius 3 is 1.62 bits per heavy atom. The lowest BCUT2D eigenvalue weighted by atomic mass is 10.3. The van der Waals surface area contributed by atoms with Gasteiger partial charge in [-0.1, -0.05) is 0 Å². The molecule has 2 aromatic rings. The number of rotatable bonds is 3. The van der Waals surface area contributed by atoms with E-state index in [0.717, 1.165) is 24.7 Å². The second-order valence-electron chi connectivity index (χ2n) is 6.56. The molecule has 0 aromatic carbocycles. The number of anilines is 4. The highest BCUT2D eigenvalue weighted by molar-refractivity contribution is 5.75. The van der Waals surface area contributed by atoms with E-state index in [0.29, 0.717) is 12.3 Å². The van der Waals surface area contributed by atoms with Gasteiger partial charge in [0.25, 0.3) is 0 Å². The first-order valence-corrected chi connectivity index (χ1v) is 8.48. The van der Waals surface area contributed by atoms with Crippen molar-refractivity contribution in [3.8, 4) is 0 Å². The molecule has 2 aliphatic rings. The van der Waals surface area contributed by atoms with E-state index in [9.17, 15) is 0 Å². The first kappa shape index (κ1) is 15.1. The second-order valence-corrected chi connectivity index (χ2v) is 6.56. The normalized spacial score (nSPS) is 22.2. The molecule has 24 heavy (non-hydrogen) atoms. The summed E-state index contributed by atoms with van der Waals surface area (Å²) in [6, 6.07) is 8.36. The van der Waals surface area contributed by atoms with Crippen LogP contribution in [0, 0.1) is 0 Å². The van der Waals surface area contributed by atoms with Crippen molar-refractivity contribution in [2.75, 3.05) is 46.8 Å². The van der Waals surface area contributed by atoms with Crippen LogP contribution in [0.5, 0.6) is 0 Å². The predicted octanol–water partition coefficient (Wildman–Crippen LogP) is 2.38. The molecule has 0 radical (unpaired) electrons. The van der Waals surface area contributed by atoms with Crippen LogP contribution in [-0.4, -0.2) is 49.5 Å². The van der Waals surface area contributed by atoms with Crippen molar-refractivity contribution in [1.82, 2.24) is 9.97 Å². The van der Waals surface area contributed by atoms with E-state index in [-0.39, 0.29) is 0 Å². The first-order valence-electron chi connectivity index (χ1n) is 8.48. The van der Waals surface area contributed by atoms with E-state index in [2.05, 4.69) is 69.6 Å². The maximum atomic E-state index is 4.54. The molecule has 0 bridgehead atoms. The van der Waals surface area contributed by atoms with Crippen LogP contribution in [-0.2, 0) is 0 Å². The summed E-state index contributed by atoms with van der Waals surface area (Å²) in [6.45, 7) is 6.38. The highest BCUT2D eigenvalue weighted by Crippen LogP contribution is 2.38. The van der Waals surface area contributed by atoms with E-state index < -0.39 is 0 Å². The van der Waals surface area contributed by atoms with Crippen LogP contribution >= 0.6 is 0 Å². The Kier molecular flexibility index (Phi) is 3.48. The highest BCUT2D eigenvalue weighted by Gasteiger charge is 2.34. The standard InChI is InChI=1S/C18H24N6/c1-13-21(3)17-15(7-5-9-19-17)23(13)11-12-24-14(2)22(4)18-16(24)8-6-10-20-18/h5-10,13-14H,11-12H2,1-4H3/t13-,14+. The fourth-order valence-electron chi connectivity index (χ4n) is 3.77. The lowest BCUT2D eigenvalue weighted by Crippen LogP contribution is -2.46. The van der Waals surface area contributed by atoms with Crippen molar-refractivity contribution < 1.29 is 0 Å². The van der Waals surface area contributed by atoms with E-state index >= 15 is 0 Å². The Morgan fingerprint density at radius 1 is 0.792 bits per heavy atom. The molecule has 0 amide bonds. The van der Waals surface area contributed by atoms with Gasteiger partial charge in [-0.3, -0.25) is 0 Å². The zero-order chi connectivity index (χ0) is 16.8. The summed E-state index contributed by atoms with van der Waals surface area (Å²) < 4.78 is 0.